The zero-order valence-electron chi connectivity index (χ0n) is 11.2. The second-order valence-corrected chi connectivity index (χ2v) is 6.74. The van der Waals surface area contributed by atoms with E-state index in [0.29, 0.717) is 43.7 Å². The summed E-state index contributed by atoms with van der Waals surface area (Å²) in [6, 6.07) is 6.84. The van der Waals surface area contributed by atoms with E-state index in [1.165, 1.54) is 4.31 Å². The molecule has 1 amide bonds. The van der Waals surface area contributed by atoms with E-state index in [1.54, 1.807) is 24.3 Å². The van der Waals surface area contributed by atoms with Crippen LogP contribution in [0.25, 0.3) is 0 Å². The fourth-order valence-electron chi connectivity index (χ4n) is 2.13. The molecule has 0 radical (unpaired) electrons. The summed E-state index contributed by atoms with van der Waals surface area (Å²) in [6.45, 7) is 1.00. The molecule has 1 aromatic rings. The highest BCUT2D eigenvalue weighted by atomic mass is 32.2. The number of nitrogens with two attached hydrogens (primary N) is 1. The molecule has 1 aromatic carbocycles. The maximum Gasteiger partial charge on any atom is 0.235 e. The molecule has 0 spiro atoms. The Morgan fingerprint density at radius 3 is 2.55 bits per heavy atom. The molecular weight excluding hydrogens is 278 g/mol. The number of nitrogens with zero attached hydrogens (tertiary/aromatic N) is 1. The van der Waals surface area contributed by atoms with E-state index >= 15 is 0 Å². The third-order valence-corrected chi connectivity index (χ3v) is 5.02. The van der Waals surface area contributed by atoms with Gasteiger partial charge in [-0.15, -0.1) is 0 Å². The smallest absolute Gasteiger partial charge is 0.235 e. The summed E-state index contributed by atoms with van der Waals surface area (Å²) >= 11 is 0. The van der Waals surface area contributed by atoms with Crippen LogP contribution in [0.2, 0.25) is 0 Å². The molecule has 3 N–H and O–H groups in total. The van der Waals surface area contributed by atoms with Crippen LogP contribution < -0.4 is 15.4 Å². The molecule has 1 aliphatic rings. The Kier molecular flexibility index (Phi) is 4.61. The summed E-state index contributed by atoms with van der Waals surface area (Å²) in [5, 5.41) is 2.75. The second kappa shape index (κ2) is 6.23. The van der Waals surface area contributed by atoms with Crippen LogP contribution in [0.15, 0.2) is 24.3 Å². The quantitative estimate of drug-likeness (QED) is 0.844. The molecule has 1 fully saturated rings. The number of nitrogens with one attached hydrogen (secondary N) is 1. The van der Waals surface area contributed by atoms with E-state index in [-0.39, 0.29) is 11.7 Å². The molecule has 0 atom stereocenters. The van der Waals surface area contributed by atoms with E-state index in [1.807, 2.05) is 0 Å². The van der Waals surface area contributed by atoms with Crippen LogP contribution in [0.4, 0.5) is 11.4 Å². The monoisotopic (exact) mass is 297 g/mol. The molecule has 1 aliphatic heterocycles. The molecule has 0 unspecified atom stereocenters. The molecule has 0 saturated carbocycles. The molecular formula is C13H19N3O3S. The van der Waals surface area contributed by atoms with Gasteiger partial charge < -0.3 is 11.1 Å². The Bertz CT molecular complexity index is 569. The molecule has 110 valence electrons. The predicted octanol–water partition coefficient (Wildman–Crippen LogP) is 0.904. The average molecular weight is 297 g/mol. The zero-order chi connectivity index (χ0) is 14.6. The minimum atomic E-state index is -3.16. The number of hydrogen-bond acceptors (Lipinski definition) is 4. The molecule has 1 heterocycles. The van der Waals surface area contributed by atoms with Gasteiger partial charge in [-0.2, -0.15) is 0 Å². The summed E-state index contributed by atoms with van der Waals surface area (Å²) in [5.74, 6) is 0.113. The Hall–Kier alpha value is -1.60. The Morgan fingerprint density at radius 2 is 2.00 bits per heavy atom. The first-order chi connectivity index (χ1) is 9.53. The lowest BCUT2D eigenvalue weighted by molar-refractivity contribution is -0.116. The number of carbonyl (C=O) groups is 1. The lowest BCUT2D eigenvalue weighted by Crippen LogP contribution is -2.25. The van der Waals surface area contributed by atoms with Gasteiger partial charge in [-0.25, -0.2) is 8.42 Å². The number of benzene rings is 1. The van der Waals surface area contributed by atoms with Crippen LogP contribution in [0.1, 0.15) is 19.3 Å². The zero-order valence-corrected chi connectivity index (χ0v) is 12.0. The number of carbonyl (C=O) groups excluding carboxylic acids is 1. The van der Waals surface area contributed by atoms with Crippen molar-refractivity contribution < 1.29 is 13.2 Å². The van der Waals surface area contributed by atoms with Crippen molar-refractivity contribution in [1.82, 2.24) is 0 Å². The highest BCUT2D eigenvalue weighted by Crippen LogP contribution is 2.25. The summed E-state index contributed by atoms with van der Waals surface area (Å²) in [5.41, 5.74) is 6.64. The van der Waals surface area contributed by atoms with Crippen molar-refractivity contribution in [3.8, 4) is 0 Å². The van der Waals surface area contributed by atoms with Crippen LogP contribution in [0.5, 0.6) is 0 Å². The number of hydrogen-bond donors (Lipinski definition) is 2. The first-order valence-corrected chi connectivity index (χ1v) is 8.24. The van der Waals surface area contributed by atoms with E-state index in [0.717, 1.165) is 0 Å². The fraction of sp³-hybridized carbons (Fsp3) is 0.462. The minimum Gasteiger partial charge on any atom is -0.330 e. The van der Waals surface area contributed by atoms with Gasteiger partial charge >= 0.3 is 0 Å². The Labute approximate surface area is 119 Å². The van der Waals surface area contributed by atoms with Gasteiger partial charge in [0.2, 0.25) is 15.9 Å². The molecule has 7 heteroatoms. The van der Waals surface area contributed by atoms with Crippen LogP contribution in [-0.4, -0.2) is 33.2 Å². The summed E-state index contributed by atoms with van der Waals surface area (Å²) in [4.78, 5) is 11.5. The van der Waals surface area contributed by atoms with Gasteiger partial charge in [-0.3, -0.25) is 9.10 Å². The molecule has 2 rings (SSSR count). The summed E-state index contributed by atoms with van der Waals surface area (Å²) in [6.07, 6.45) is 1.69. The number of anilines is 2. The predicted molar refractivity (Wildman–Crippen MR) is 79.1 cm³/mol. The topological polar surface area (TPSA) is 92.5 Å². The van der Waals surface area contributed by atoms with Gasteiger partial charge in [-0.05, 0) is 43.7 Å². The number of sulfonamides is 1. The fourth-order valence-corrected chi connectivity index (χ4v) is 3.69. The van der Waals surface area contributed by atoms with Crippen LogP contribution in [0.3, 0.4) is 0 Å². The van der Waals surface area contributed by atoms with E-state index in [9.17, 15) is 13.2 Å². The third kappa shape index (κ3) is 3.49. The van der Waals surface area contributed by atoms with Crippen molar-refractivity contribution in [3.05, 3.63) is 24.3 Å². The van der Waals surface area contributed by atoms with Crippen LogP contribution >= 0.6 is 0 Å². The SMILES string of the molecule is NCCCC(=O)Nc1ccc(N2CCCS2(=O)=O)cc1. The van der Waals surface area contributed by atoms with Gasteiger partial charge in [0.25, 0.3) is 0 Å². The van der Waals surface area contributed by atoms with Crippen molar-refractivity contribution in [1.29, 1.82) is 0 Å². The van der Waals surface area contributed by atoms with Crippen molar-refractivity contribution >= 4 is 27.3 Å². The normalized spacial score (nSPS) is 17.1. The lowest BCUT2D eigenvalue weighted by Gasteiger charge is -2.17. The molecule has 6 nitrogen and oxygen atoms in total. The van der Waals surface area contributed by atoms with E-state index in [2.05, 4.69) is 5.32 Å². The van der Waals surface area contributed by atoms with E-state index in [4.69, 9.17) is 5.73 Å². The summed E-state index contributed by atoms with van der Waals surface area (Å²) < 4.78 is 25.0. The first-order valence-electron chi connectivity index (χ1n) is 6.63. The highest BCUT2D eigenvalue weighted by Gasteiger charge is 2.28. The largest absolute Gasteiger partial charge is 0.330 e. The molecule has 1 saturated heterocycles. The Morgan fingerprint density at radius 1 is 1.30 bits per heavy atom. The lowest BCUT2D eigenvalue weighted by atomic mass is 10.2. The molecule has 0 aliphatic carbocycles. The van der Waals surface area contributed by atoms with Gasteiger partial charge in [0.15, 0.2) is 0 Å². The molecule has 0 bridgehead atoms. The maximum atomic E-state index is 11.8. The van der Waals surface area contributed by atoms with Crippen molar-refractivity contribution in [2.24, 2.45) is 5.73 Å². The standard InChI is InChI=1S/C13H19N3O3S/c14-8-1-3-13(17)15-11-4-6-12(7-5-11)16-9-2-10-20(16,18)19/h4-7H,1-3,8-10,14H2,(H,15,17). The second-order valence-electron chi connectivity index (χ2n) is 4.73. The number of rotatable bonds is 5. The Balaban J connectivity index is 2.02. The van der Waals surface area contributed by atoms with Crippen molar-refractivity contribution in [3.63, 3.8) is 0 Å². The van der Waals surface area contributed by atoms with Crippen molar-refractivity contribution in [2.75, 3.05) is 28.5 Å². The van der Waals surface area contributed by atoms with Gasteiger partial charge in [-0.1, -0.05) is 0 Å². The van der Waals surface area contributed by atoms with E-state index < -0.39 is 10.0 Å². The van der Waals surface area contributed by atoms with Crippen LogP contribution in [0, 0.1) is 0 Å². The van der Waals surface area contributed by atoms with Gasteiger partial charge in [0, 0.05) is 18.7 Å². The first kappa shape index (κ1) is 14.8. The molecule has 20 heavy (non-hydrogen) atoms. The highest BCUT2D eigenvalue weighted by molar-refractivity contribution is 7.93. The number of amides is 1. The maximum absolute atomic E-state index is 11.8. The van der Waals surface area contributed by atoms with Crippen LogP contribution in [-0.2, 0) is 14.8 Å². The minimum absolute atomic E-state index is 0.0861. The molecule has 0 aromatic heterocycles. The van der Waals surface area contributed by atoms with Gasteiger partial charge in [0.1, 0.15) is 0 Å². The van der Waals surface area contributed by atoms with Crippen molar-refractivity contribution in [2.45, 2.75) is 19.3 Å². The third-order valence-electron chi connectivity index (χ3n) is 3.15. The van der Waals surface area contributed by atoms with Gasteiger partial charge in [0.05, 0.1) is 11.4 Å². The summed E-state index contributed by atoms with van der Waals surface area (Å²) in [7, 11) is -3.16. The average Bonchev–Trinajstić information content (AvgIpc) is 2.77.